The van der Waals surface area contributed by atoms with E-state index in [1.807, 2.05) is 0 Å². The maximum Gasteiger partial charge on any atom is 0.222 e. The van der Waals surface area contributed by atoms with Crippen LogP contribution in [0.3, 0.4) is 0 Å². The molecule has 0 aliphatic rings. The second-order valence-electron chi connectivity index (χ2n) is 2.39. The van der Waals surface area contributed by atoms with Crippen molar-refractivity contribution >= 4 is 39.9 Å². The second kappa shape index (κ2) is 2.97. The summed E-state index contributed by atoms with van der Waals surface area (Å²) in [6.45, 7) is 0. The Bertz CT molecular complexity index is 471. The van der Waals surface area contributed by atoms with E-state index in [1.165, 1.54) is 12.4 Å². The number of fused-ring (bicyclic) bond motifs is 1. The quantitative estimate of drug-likeness (QED) is 0.681. The average molecular weight is 215 g/mol. The first-order chi connectivity index (χ1) is 6.18. The molecule has 0 aromatic carbocycles. The van der Waals surface area contributed by atoms with E-state index in [9.17, 15) is 0 Å². The van der Waals surface area contributed by atoms with Crippen LogP contribution in [0.1, 0.15) is 0 Å². The first-order valence-corrected chi connectivity index (χ1v) is 4.16. The Balaban J connectivity index is 2.92. The summed E-state index contributed by atoms with van der Waals surface area (Å²) in [6.07, 6.45) is 2.93. The summed E-state index contributed by atoms with van der Waals surface area (Å²) < 4.78 is 0. The van der Waals surface area contributed by atoms with Gasteiger partial charge in [-0.15, -0.1) is 0 Å². The fraction of sp³-hybridized carbons (Fsp3) is 0. The van der Waals surface area contributed by atoms with Crippen LogP contribution in [-0.4, -0.2) is 15.0 Å². The highest BCUT2D eigenvalue weighted by atomic mass is 35.5. The number of hydrogen-bond acceptors (Lipinski definition) is 4. The zero-order valence-corrected chi connectivity index (χ0v) is 7.84. The Hall–Kier alpha value is -1.13. The van der Waals surface area contributed by atoms with Gasteiger partial charge in [-0.2, -0.15) is 0 Å². The first kappa shape index (κ1) is 8.47. The molecule has 0 saturated carbocycles. The van der Waals surface area contributed by atoms with Gasteiger partial charge in [-0.25, -0.2) is 15.0 Å². The van der Waals surface area contributed by atoms with E-state index in [0.717, 1.165) is 0 Å². The van der Waals surface area contributed by atoms with E-state index in [1.54, 1.807) is 0 Å². The molecule has 2 N–H and O–H groups in total. The minimum atomic E-state index is 0.139. The molecule has 0 bridgehead atoms. The molecule has 2 rings (SSSR count). The standard InChI is InChI=1S/C7H4Cl2N4/c8-4-2-11-6(10)3-1-12-7(9)13-5(3)4/h1-2H,(H2,10,11). The van der Waals surface area contributed by atoms with Gasteiger partial charge in [-0.1, -0.05) is 11.6 Å². The Kier molecular flexibility index (Phi) is 1.94. The smallest absolute Gasteiger partial charge is 0.222 e. The molecule has 2 aromatic rings. The minimum Gasteiger partial charge on any atom is -0.383 e. The van der Waals surface area contributed by atoms with Gasteiger partial charge in [-0.3, -0.25) is 0 Å². The summed E-state index contributed by atoms with van der Waals surface area (Å²) in [5, 5.41) is 1.16. The van der Waals surface area contributed by atoms with Crippen LogP contribution in [0.5, 0.6) is 0 Å². The predicted octanol–water partition coefficient (Wildman–Crippen LogP) is 1.91. The molecule has 4 nitrogen and oxygen atoms in total. The molecule has 2 aromatic heterocycles. The van der Waals surface area contributed by atoms with Crippen molar-refractivity contribution in [2.24, 2.45) is 0 Å². The number of anilines is 1. The molecule has 2 heterocycles. The molecule has 0 radical (unpaired) electrons. The predicted molar refractivity (Wildman–Crippen MR) is 51.8 cm³/mol. The fourth-order valence-electron chi connectivity index (χ4n) is 0.987. The summed E-state index contributed by atoms with van der Waals surface area (Å²) in [5.74, 6) is 0.344. The summed E-state index contributed by atoms with van der Waals surface area (Å²) >= 11 is 11.4. The van der Waals surface area contributed by atoms with Crippen LogP contribution < -0.4 is 5.73 Å². The molecule has 0 atom stereocenters. The van der Waals surface area contributed by atoms with E-state index in [4.69, 9.17) is 28.9 Å². The Labute approximate surface area is 83.7 Å². The molecular weight excluding hydrogens is 211 g/mol. The molecule has 0 fully saturated rings. The largest absolute Gasteiger partial charge is 0.383 e. The van der Waals surface area contributed by atoms with Crippen LogP contribution in [0.15, 0.2) is 12.4 Å². The van der Waals surface area contributed by atoms with Crippen LogP contribution in [0.25, 0.3) is 10.9 Å². The molecule has 0 aliphatic carbocycles. The van der Waals surface area contributed by atoms with Crippen molar-refractivity contribution in [1.29, 1.82) is 0 Å². The van der Waals surface area contributed by atoms with Gasteiger partial charge < -0.3 is 5.73 Å². The molecule has 0 amide bonds. The van der Waals surface area contributed by atoms with Crippen molar-refractivity contribution < 1.29 is 0 Å². The van der Waals surface area contributed by atoms with Gasteiger partial charge in [0.05, 0.1) is 22.1 Å². The van der Waals surface area contributed by atoms with Crippen LogP contribution in [0.2, 0.25) is 10.3 Å². The third kappa shape index (κ3) is 1.38. The molecular formula is C7H4Cl2N4. The van der Waals surface area contributed by atoms with Crippen LogP contribution in [0.4, 0.5) is 5.82 Å². The normalized spacial score (nSPS) is 10.6. The second-order valence-corrected chi connectivity index (χ2v) is 3.14. The topological polar surface area (TPSA) is 64.7 Å². The highest BCUT2D eigenvalue weighted by molar-refractivity contribution is 6.35. The number of nitrogens with zero attached hydrogens (tertiary/aromatic N) is 3. The van der Waals surface area contributed by atoms with E-state index < -0.39 is 0 Å². The van der Waals surface area contributed by atoms with E-state index >= 15 is 0 Å². The van der Waals surface area contributed by atoms with Gasteiger partial charge in [0.15, 0.2) is 0 Å². The highest BCUT2D eigenvalue weighted by Crippen LogP contribution is 2.24. The van der Waals surface area contributed by atoms with Crippen LogP contribution in [0, 0.1) is 0 Å². The number of pyridine rings is 1. The van der Waals surface area contributed by atoms with Crippen LogP contribution in [-0.2, 0) is 0 Å². The summed E-state index contributed by atoms with van der Waals surface area (Å²) in [4.78, 5) is 11.6. The molecule has 0 saturated heterocycles. The Morgan fingerprint density at radius 3 is 2.69 bits per heavy atom. The number of hydrogen-bond donors (Lipinski definition) is 1. The molecule has 6 heteroatoms. The number of halogens is 2. The van der Waals surface area contributed by atoms with E-state index in [0.29, 0.717) is 21.7 Å². The zero-order valence-electron chi connectivity index (χ0n) is 6.33. The molecule has 0 unspecified atom stereocenters. The van der Waals surface area contributed by atoms with E-state index in [2.05, 4.69) is 15.0 Å². The van der Waals surface area contributed by atoms with Gasteiger partial charge >= 0.3 is 0 Å². The van der Waals surface area contributed by atoms with Crippen LogP contribution >= 0.6 is 23.2 Å². The lowest BCUT2D eigenvalue weighted by molar-refractivity contribution is 1.21. The van der Waals surface area contributed by atoms with Crippen molar-refractivity contribution in [3.8, 4) is 0 Å². The molecule has 13 heavy (non-hydrogen) atoms. The van der Waals surface area contributed by atoms with Crippen molar-refractivity contribution in [2.45, 2.75) is 0 Å². The van der Waals surface area contributed by atoms with Crippen molar-refractivity contribution in [3.63, 3.8) is 0 Å². The maximum absolute atomic E-state index is 5.83. The minimum absolute atomic E-state index is 0.139. The van der Waals surface area contributed by atoms with Crippen molar-refractivity contribution in [1.82, 2.24) is 15.0 Å². The summed E-state index contributed by atoms with van der Waals surface area (Å²) in [5.41, 5.74) is 6.10. The highest BCUT2D eigenvalue weighted by Gasteiger charge is 2.06. The SMILES string of the molecule is Nc1ncc(Cl)c2nc(Cl)ncc12. The monoisotopic (exact) mass is 214 g/mol. The Morgan fingerprint density at radius 2 is 1.92 bits per heavy atom. The first-order valence-electron chi connectivity index (χ1n) is 3.40. The lowest BCUT2D eigenvalue weighted by Gasteiger charge is -2.01. The van der Waals surface area contributed by atoms with Gasteiger partial charge in [-0.05, 0) is 11.6 Å². The molecule has 66 valence electrons. The maximum atomic E-state index is 5.83. The zero-order chi connectivity index (χ0) is 9.42. The Morgan fingerprint density at radius 1 is 1.15 bits per heavy atom. The van der Waals surface area contributed by atoms with Gasteiger partial charge in [0.25, 0.3) is 0 Å². The molecule has 0 spiro atoms. The third-order valence-corrected chi connectivity index (χ3v) is 2.04. The third-order valence-electron chi connectivity index (χ3n) is 1.58. The number of nitrogen functional groups attached to an aromatic ring is 1. The summed E-state index contributed by atoms with van der Waals surface area (Å²) in [6, 6.07) is 0. The molecule has 0 aliphatic heterocycles. The number of nitrogens with two attached hydrogens (primary N) is 1. The van der Waals surface area contributed by atoms with Crippen molar-refractivity contribution in [2.75, 3.05) is 5.73 Å². The van der Waals surface area contributed by atoms with Gasteiger partial charge in [0, 0.05) is 6.20 Å². The van der Waals surface area contributed by atoms with Crippen molar-refractivity contribution in [3.05, 3.63) is 22.7 Å². The van der Waals surface area contributed by atoms with Gasteiger partial charge in [0.2, 0.25) is 5.28 Å². The lowest BCUT2D eigenvalue weighted by Crippen LogP contribution is -1.94. The van der Waals surface area contributed by atoms with Gasteiger partial charge in [0.1, 0.15) is 5.82 Å². The average Bonchev–Trinajstić information content (AvgIpc) is 2.12. The lowest BCUT2D eigenvalue weighted by atomic mass is 10.3. The summed E-state index contributed by atoms with van der Waals surface area (Å²) in [7, 11) is 0. The number of rotatable bonds is 0. The van der Waals surface area contributed by atoms with E-state index in [-0.39, 0.29) is 5.28 Å². The fourth-order valence-corrected chi connectivity index (χ4v) is 1.31. The number of aromatic nitrogens is 3.